The average molecular weight is 330 g/mol. The molecule has 130 valence electrons. The lowest BCUT2D eigenvalue weighted by atomic mass is 9.96. The highest BCUT2D eigenvalue weighted by atomic mass is 16.5. The molecule has 0 aliphatic carbocycles. The predicted molar refractivity (Wildman–Crippen MR) is 94.3 cm³/mol. The maximum Gasteiger partial charge on any atom is 0.253 e. The van der Waals surface area contributed by atoms with Gasteiger partial charge in [0, 0.05) is 18.7 Å². The van der Waals surface area contributed by atoms with Gasteiger partial charge in [0.05, 0.1) is 12.7 Å². The SMILES string of the molecule is CCNCC1CCN(C(=O)C2=Cc3cccc(OC)c3OC2)CC1. The number of nitrogens with one attached hydrogen (secondary N) is 1. The first-order chi connectivity index (χ1) is 11.7. The normalized spacial score (nSPS) is 17.8. The predicted octanol–water partition coefficient (Wildman–Crippen LogP) is 2.32. The molecule has 0 unspecified atom stereocenters. The van der Waals surface area contributed by atoms with Gasteiger partial charge in [-0.1, -0.05) is 19.1 Å². The van der Waals surface area contributed by atoms with Gasteiger partial charge in [0.25, 0.3) is 5.91 Å². The molecule has 1 aromatic rings. The number of amides is 1. The fourth-order valence-electron chi connectivity index (χ4n) is 3.36. The smallest absolute Gasteiger partial charge is 0.253 e. The van der Waals surface area contributed by atoms with Crippen LogP contribution in [0.4, 0.5) is 0 Å². The highest BCUT2D eigenvalue weighted by Crippen LogP contribution is 2.36. The Kier molecular flexibility index (Phi) is 5.41. The van der Waals surface area contributed by atoms with E-state index in [0.717, 1.165) is 55.9 Å². The molecule has 1 aromatic carbocycles. The van der Waals surface area contributed by atoms with Gasteiger partial charge in [-0.3, -0.25) is 4.79 Å². The summed E-state index contributed by atoms with van der Waals surface area (Å²) in [4.78, 5) is 14.7. The molecule has 1 saturated heterocycles. The Morgan fingerprint density at radius 2 is 2.17 bits per heavy atom. The van der Waals surface area contributed by atoms with E-state index >= 15 is 0 Å². The second-order valence-electron chi connectivity index (χ2n) is 6.38. The van der Waals surface area contributed by atoms with Gasteiger partial charge < -0.3 is 19.7 Å². The number of piperidine rings is 1. The molecule has 0 bridgehead atoms. The summed E-state index contributed by atoms with van der Waals surface area (Å²) in [7, 11) is 1.63. The molecule has 1 fully saturated rings. The zero-order valence-electron chi connectivity index (χ0n) is 14.5. The van der Waals surface area contributed by atoms with Crippen molar-refractivity contribution in [1.29, 1.82) is 0 Å². The van der Waals surface area contributed by atoms with Gasteiger partial charge in [0.2, 0.25) is 0 Å². The van der Waals surface area contributed by atoms with Crippen LogP contribution in [0.3, 0.4) is 0 Å². The summed E-state index contributed by atoms with van der Waals surface area (Å²) in [5.41, 5.74) is 1.63. The van der Waals surface area contributed by atoms with E-state index in [1.807, 2.05) is 29.2 Å². The highest BCUT2D eigenvalue weighted by molar-refractivity contribution is 5.99. The molecule has 5 heteroatoms. The molecular formula is C19H26N2O3. The Balaban J connectivity index is 1.65. The number of carbonyl (C=O) groups is 1. The minimum Gasteiger partial charge on any atom is -0.493 e. The van der Waals surface area contributed by atoms with Crippen LogP contribution < -0.4 is 14.8 Å². The lowest BCUT2D eigenvalue weighted by molar-refractivity contribution is -0.128. The van der Waals surface area contributed by atoms with Crippen LogP contribution >= 0.6 is 0 Å². The Bertz CT molecular complexity index is 619. The fourth-order valence-corrected chi connectivity index (χ4v) is 3.36. The van der Waals surface area contributed by atoms with Crippen LogP contribution in [0.25, 0.3) is 6.08 Å². The van der Waals surface area contributed by atoms with Gasteiger partial charge >= 0.3 is 0 Å². The number of fused-ring (bicyclic) bond motifs is 1. The molecular weight excluding hydrogens is 304 g/mol. The molecule has 3 rings (SSSR count). The summed E-state index contributed by atoms with van der Waals surface area (Å²) < 4.78 is 11.1. The molecule has 1 N–H and O–H groups in total. The van der Waals surface area contributed by atoms with E-state index in [0.29, 0.717) is 18.3 Å². The van der Waals surface area contributed by atoms with E-state index < -0.39 is 0 Å². The Morgan fingerprint density at radius 3 is 2.88 bits per heavy atom. The van der Waals surface area contributed by atoms with E-state index in [1.165, 1.54) is 0 Å². The molecule has 24 heavy (non-hydrogen) atoms. The molecule has 0 atom stereocenters. The van der Waals surface area contributed by atoms with E-state index in [-0.39, 0.29) is 5.91 Å². The van der Waals surface area contributed by atoms with Crippen LogP contribution in [0.1, 0.15) is 25.3 Å². The molecule has 2 aliphatic rings. The standard InChI is InChI=1S/C19H26N2O3/c1-3-20-12-14-7-9-21(10-8-14)19(22)16-11-15-5-4-6-17(23-2)18(15)24-13-16/h4-6,11,14,20H,3,7-10,12-13H2,1-2H3. The molecule has 0 radical (unpaired) electrons. The first-order valence-electron chi connectivity index (χ1n) is 8.73. The summed E-state index contributed by atoms with van der Waals surface area (Å²) in [6.45, 7) is 6.16. The van der Waals surface area contributed by atoms with Crippen molar-refractivity contribution in [3.05, 3.63) is 29.3 Å². The summed E-state index contributed by atoms with van der Waals surface area (Å²) in [6.07, 6.45) is 4.07. The molecule has 1 amide bonds. The monoisotopic (exact) mass is 330 g/mol. The molecule has 5 nitrogen and oxygen atoms in total. The topological polar surface area (TPSA) is 50.8 Å². The number of carbonyl (C=O) groups excluding carboxylic acids is 1. The van der Waals surface area contributed by atoms with Crippen LogP contribution in [0.2, 0.25) is 0 Å². The summed E-state index contributed by atoms with van der Waals surface area (Å²) in [6, 6.07) is 5.73. The second-order valence-corrected chi connectivity index (χ2v) is 6.38. The van der Waals surface area contributed by atoms with E-state index in [9.17, 15) is 4.79 Å². The lowest BCUT2D eigenvalue weighted by Crippen LogP contribution is -2.42. The summed E-state index contributed by atoms with van der Waals surface area (Å²) in [5, 5.41) is 3.40. The van der Waals surface area contributed by atoms with Crippen molar-refractivity contribution in [3.63, 3.8) is 0 Å². The number of benzene rings is 1. The van der Waals surface area contributed by atoms with Gasteiger partial charge in [-0.05, 0) is 44.0 Å². The Labute approximate surface area is 143 Å². The van der Waals surface area contributed by atoms with Crippen LogP contribution in [-0.4, -0.2) is 50.7 Å². The molecule has 0 aromatic heterocycles. The van der Waals surface area contributed by atoms with Gasteiger partial charge in [-0.2, -0.15) is 0 Å². The number of likely N-dealkylation sites (tertiary alicyclic amines) is 1. The van der Waals surface area contributed by atoms with Crippen molar-refractivity contribution in [2.45, 2.75) is 19.8 Å². The minimum absolute atomic E-state index is 0.102. The third-order valence-corrected chi connectivity index (χ3v) is 4.79. The molecule has 2 aliphatic heterocycles. The zero-order chi connectivity index (χ0) is 16.9. The minimum atomic E-state index is 0.102. The van der Waals surface area contributed by atoms with Gasteiger partial charge in [-0.25, -0.2) is 0 Å². The second kappa shape index (κ2) is 7.71. The maximum atomic E-state index is 12.8. The number of hydrogen-bond acceptors (Lipinski definition) is 4. The number of rotatable bonds is 5. The average Bonchev–Trinajstić information content (AvgIpc) is 2.65. The van der Waals surface area contributed by atoms with E-state index in [4.69, 9.17) is 9.47 Å². The quantitative estimate of drug-likeness (QED) is 0.900. The number of methoxy groups -OCH3 is 1. The number of ether oxygens (including phenoxy) is 2. The maximum absolute atomic E-state index is 12.8. The third-order valence-electron chi connectivity index (χ3n) is 4.79. The van der Waals surface area contributed by atoms with Gasteiger partial charge in [-0.15, -0.1) is 0 Å². The first kappa shape index (κ1) is 16.8. The Morgan fingerprint density at radius 1 is 1.38 bits per heavy atom. The van der Waals surface area contributed by atoms with Gasteiger partial charge in [0.1, 0.15) is 6.61 Å². The van der Waals surface area contributed by atoms with Crippen molar-refractivity contribution in [1.82, 2.24) is 10.2 Å². The van der Waals surface area contributed by atoms with Crippen molar-refractivity contribution in [2.75, 3.05) is 39.9 Å². The number of para-hydroxylation sites is 1. The van der Waals surface area contributed by atoms with Crippen molar-refractivity contribution in [2.24, 2.45) is 5.92 Å². The van der Waals surface area contributed by atoms with Crippen molar-refractivity contribution >= 4 is 12.0 Å². The molecule has 0 saturated carbocycles. The largest absolute Gasteiger partial charge is 0.493 e. The van der Waals surface area contributed by atoms with Crippen LogP contribution in [0.15, 0.2) is 23.8 Å². The van der Waals surface area contributed by atoms with Crippen LogP contribution in [0, 0.1) is 5.92 Å². The van der Waals surface area contributed by atoms with Crippen LogP contribution in [-0.2, 0) is 4.79 Å². The lowest BCUT2D eigenvalue weighted by Gasteiger charge is -2.33. The van der Waals surface area contributed by atoms with E-state index in [2.05, 4.69) is 12.2 Å². The summed E-state index contributed by atoms with van der Waals surface area (Å²) >= 11 is 0. The Hall–Kier alpha value is -2.01. The van der Waals surface area contributed by atoms with Crippen molar-refractivity contribution in [3.8, 4) is 11.5 Å². The number of hydrogen-bond donors (Lipinski definition) is 1. The fraction of sp³-hybridized carbons (Fsp3) is 0.526. The van der Waals surface area contributed by atoms with Crippen molar-refractivity contribution < 1.29 is 14.3 Å². The molecule has 0 spiro atoms. The van der Waals surface area contributed by atoms with E-state index in [1.54, 1.807) is 7.11 Å². The van der Waals surface area contributed by atoms with Crippen LogP contribution in [0.5, 0.6) is 11.5 Å². The molecule has 2 heterocycles. The number of nitrogens with zero attached hydrogens (tertiary/aromatic N) is 1. The third kappa shape index (κ3) is 3.56. The summed E-state index contributed by atoms with van der Waals surface area (Å²) in [5.74, 6) is 2.21. The zero-order valence-corrected chi connectivity index (χ0v) is 14.5. The highest BCUT2D eigenvalue weighted by Gasteiger charge is 2.27. The first-order valence-corrected chi connectivity index (χ1v) is 8.73. The van der Waals surface area contributed by atoms with Gasteiger partial charge in [0.15, 0.2) is 11.5 Å².